The van der Waals surface area contributed by atoms with Crippen molar-refractivity contribution in [2.24, 2.45) is 0 Å². The van der Waals surface area contributed by atoms with Crippen LogP contribution < -0.4 is 19.5 Å². The Labute approximate surface area is 279 Å². The third-order valence-corrected chi connectivity index (χ3v) is 12.3. The molecule has 1 aliphatic carbocycles. The maximum atomic E-state index is 13.3. The lowest BCUT2D eigenvalue weighted by Crippen LogP contribution is -2.32. The fourth-order valence-corrected chi connectivity index (χ4v) is 8.96. The first-order valence-corrected chi connectivity index (χ1v) is 18.4. The zero-order valence-electron chi connectivity index (χ0n) is 24.7. The highest BCUT2D eigenvalue weighted by molar-refractivity contribution is 7.90. The summed E-state index contributed by atoms with van der Waals surface area (Å²) in [7, 11) is -6.11. The van der Waals surface area contributed by atoms with E-state index in [0.29, 0.717) is 34.7 Å². The maximum absolute atomic E-state index is 13.3. The highest BCUT2D eigenvalue weighted by atomic mass is 35.5. The van der Waals surface area contributed by atoms with Crippen molar-refractivity contribution in [3.63, 3.8) is 0 Å². The molecule has 3 heterocycles. The molecule has 0 aliphatic heterocycles. The Morgan fingerprint density at radius 2 is 1.83 bits per heavy atom. The number of sulfonamides is 2. The average Bonchev–Trinajstić information content (AvgIpc) is 3.83. The van der Waals surface area contributed by atoms with Gasteiger partial charge in [-0.3, -0.25) is 10.3 Å². The third kappa shape index (κ3) is 7.40. The lowest BCUT2D eigenvalue weighted by molar-refractivity contribution is 0.209. The van der Waals surface area contributed by atoms with Crippen LogP contribution in [0.2, 0.25) is 5.02 Å². The summed E-state index contributed by atoms with van der Waals surface area (Å²) < 4.78 is 64.1. The first kappa shape index (κ1) is 32.8. The molecule has 16 heteroatoms. The Kier molecular flexibility index (Phi) is 9.20. The van der Waals surface area contributed by atoms with Crippen LogP contribution in [0.3, 0.4) is 0 Å². The van der Waals surface area contributed by atoms with Gasteiger partial charge in [0.25, 0.3) is 0 Å². The highest BCUT2D eigenvalue weighted by Crippen LogP contribution is 2.41. The Morgan fingerprint density at radius 1 is 1.06 bits per heavy atom. The van der Waals surface area contributed by atoms with Crippen molar-refractivity contribution in [3.05, 3.63) is 100 Å². The van der Waals surface area contributed by atoms with E-state index in [9.17, 15) is 26.7 Å². The number of rotatable bonds is 12. The van der Waals surface area contributed by atoms with Crippen LogP contribution in [0, 0.1) is 0 Å². The number of nitrogens with zero attached hydrogens (tertiary/aromatic N) is 2. The number of hydrogen-bond donors (Lipinski definition) is 4. The molecule has 0 radical (unpaired) electrons. The summed E-state index contributed by atoms with van der Waals surface area (Å²) in [5.74, 6) is 0.646. The smallest absolute Gasteiger partial charge is 0.410 e. The number of ether oxygens (including phenoxy) is 1. The zero-order chi connectivity index (χ0) is 33.3. The summed E-state index contributed by atoms with van der Waals surface area (Å²) in [5.41, 5.74) is 1.92. The normalized spacial score (nSPS) is 14.2. The number of thiophene rings is 1. The second kappa shape index (κ2) is 13.2. The number of fused-ring (bicyclic) bond motifs is 1. The van der Waals surface area contributed by atoms with Crippen LogP contribution in [-0.4, -0.2) is 50.4 Å². The average molecular weight is 714 g/mol. The minimum Gasteiger partial charge on any atom is -0.497 e. The van der Waals surface area contributed by atoms with Gasteiger partial charge in [-0.05, 0) is 66.3 Å². The van der Waals surface area contributed by atoms with E-state index >= 15 is 0 Å². The van der Waals surface area contributed by atoms with Crippen molar-refractivity contribution in [3.8, 4) is 17.0 Å². The van der Waals surface area contributed by atoms with Gasteiger partial charge in [-0.25, -0.2) is 36.1 Å². The van der Waals surface area contributed by atoms with Gasteiger partial charge in [-0.1, -0.05) is 41.9 Å². The summed E-state index contributed by atoms with van der Waals surface area (Å²) in [5, 5.41) is 11.7. The molecule has 1 aliphatic rings. The van der Waals surface area contributed by atoms with Gasteiger partial charge in [0, 0.05) is 27.9 Å². The molecular formula is C31H28ClN5O7S3. The molecular weight excluding hydrogens is 686 g/mol. The fraction of sp³-hybridized carbons (Fsp3) is 0.194. The van der Waals surface area contributed by atoms with E-state index in [1.807, 2.05) is 6.07 Å². The predicted molar refractivity (Wildman–Crippen MR) is 180 cm³/mol. The van der Waals surface area contributed by atoms with Crippen LogP contribution in [0.25, 0.3) is 21.3 Å². The number of anilines is 1. The summed E-state index contributed by atoms with van der Waals surface area (Å²) >= 11 is 7.79. The van der Waals surface area contributed by atoms with Crippen LogP contribution in [0.15, 0.2) is 83.9 Å². The van der Waals surface area contributed by atoms with Crippen molar-refractivity contribution in [1.29, 1.82) is 0 Å². The van der Waals surface area contributed by atoms with Crippen molar-refractivity contribution in [2.45, 2.75) is 35.6 Å². The van der Waals surface area contributed by atoms with Gasteiger partial charge in [0.1, 0.15) is 11.6 Å². The lowest BCUT2D eigenvalue weighted by Gasteiger charge is -2.19. The van der Waals surface area contributed by atoms with E-state index < -0.39 is 37.4 Å². The summed E-state index contributed by atoms with van der Waals surface area (Å²) in [6.45, 7) is 0.0752. The number of nitrogens with one attached hydrogen (secondary N) is 3. The van der Waals surface area contributed by atoms with Crippen molar-refractivity contribution >= 4 is 65.0 Å². The quantitative estimate of drug-likeness (QED) is 0.125. The van der Waals surface area contributed by atoms with Gasteiger partial charge in [0.15, 0.2) is 0 Å². The lowest BCUT2D eigenvalue weighted by atomic mass is 10.1. The van der Waals surface area contributed by atoms with Crippen LogP contribution in [0.1, 0.15) is 35.0 Å². The molecule has 0 spiro atoms. The van der Waals surface area contributed by atoms with E-state index in [1.54, 1.807) is 49.6 Å². The van der Waals surface area contributed by atoms with Gasteiger partial charge in [0.05, 0.1) is 39.7 Å². The molecule has 6 rings (SSSR count). The molecule has 0 saturated heterocycles. The third-order valence-electron chi connectivity index (χ3n) is 7.42. The van der Waals surface area contributed by atoms with Gasteiger partial charge in [-0.2, -0.15) is 0 Å². The molecule has 1 unspecified atom stereocenters. The van der Waals surface area contributed by atoms with Gasteiger partial charge < -0.3 is 9.84 Å². The molecule has 1 fully saturated rings. The van der Waals surface area contributed by atoms with Crippen LogP contribution in [0.4, 0.5) is 10.6 Å². The molecule has 1 atom stereocenters. The zero-order valence-corrected chi connectivity index (χ0v) is 27.9. The molecule has 12 nitrogen and oxygen atoms in total. The Hall–Kier alpha value is -4.12. The minimum atomic E-state index is -3.91. The number of carboxylic acid groups (broad SMARTS) is 1. The second-order valence-corrected chi connectivity index (χ2v) is 16.0. The number of halogens is 1. The molecule has 47 heavy (non-hydrogen) atoms. The fourth-order valence-electron chi connectivity index (χ4n) is 4.88. The predicted octanol–water partition coefficient (Wildman–Crippen LogP) is 5.76. The van der Waals surface area contributed by atoms with Crippen molar-refractivity contribution in [1.82, 2.24) is 19.4 Å². The first-order chi connectivity index (χ1) is 22.4. The SMILES string of the molecule is COc1ccc(CNS(=O)(=O)c2ccnc(-c3cccc4cc(C(NS(=O)(=O)C5CC5)c5nc(NC(=O)O)ccc5Cl)sc34)c2)cc1. The number of aromatic nitrogens is 2. The van der Waals surface area contributed by atoms with Crippen LogP contribution >= 0.6 is 22.9 Å². The highest BCUT2D eigenvalue weighted by Gasteiger charge is 2.39. The number of benzene rings is 2. The molecule has 3 aromatic heterocycles. The summed E-state index contributed by atoms with van der Waals surface area (Å²) in [4.78, 5) is 20.7. The topological polar surface area (TPSA) is 177 Å². The molecule has 4 N–H and O–H groups in total. The van der Waals surface area contributed by atoms with E-state index in [1.165, 1.54) is 41.8 Å². The van der Waals surface area contributed by atoms with Gasteiger partial charge in [0.2, 0.25) is 20.0 Å². The number of methoxy groups -OCH3 is 1. The number of amides is 1. The molecule has 0 bridgehead atoms. The van der Waals surface area contributed by atoms with Crippen LogP contribution in [-0.2, 0) is 26.6 Å². The van der Waals surface area contributed by atoms with Crippen molar-refractivity contribution < 1.29 is 31.5 Å². The minimum absolute atomic E-state index is 0.0165. The van der Waals surface area contributed by atoms with E-state index in [-0.39, 0.29) is 28.0 Å². The summed E-state index contributed by atoms with van der Waals surface area (Å²) in [6.07, 6.45) is 1.14. The van der Waals surface area contributed by atoms with E-state index in [4.69, 9.17) is 16.3 Å². The van der Waals surface area contributed by atoms with E-state index in [0.717, 1.165) is 15.6 Å². The van der Waals surface area contributed by atoms with Crippen LogP contribution in [0.5, 0.6) is 5.75 Å². The monoisotopic (exact) mass is 713 g/mol. The molecule has 1 saturated carbocycles. The second-order valence-electron chi connectivity index (χ2n) is 10.7. The first-order valence-electron chi connectivity index (χ1n) is 14.2. The molecule has 244 valence electrons. The Balaban J connectivity index is 1.36. The molecule has 5 aromatic rings. The standard InChI is InChI=1S/C31H28ClN5O7S3/c1-44-20-7-5-18(6-8-20)17-34-46(40,41)22-13-14-33-25(16-22)23-4-2-3-19-15-26(45-30(19)23)29(37-47(42,43)21-9-10-21)28-24(32)11-12-27(35-28)36-31(38)39/h2-8,11-16,21,29,34,37H,9-10,17H2,1H3,(H,35,36)(H,38,39). The van der Waals surface area contributed by atoms with E-state index in [2.05, 4.69) is 24.7 Å². The van der Waals surface area contributed by atoms with Crippen molar-refractivity contribution in [2.75, 3.05) is 12.4 Å². The maximum Gasteiger partial charge on any atom is 0.410 e. The van der Waals surface area contributed by atoms with Gasteiger partial charge >= 0.3 is 6.09 Å². The Morgan fingerprint density at radius 3 is 2.53 bits per heavy atom. The number of hydrogen-bond acceptors (Lipinski definition) is 9. The largest absolute Gasteiger partial charge is 0.497 e. The number of carbonyl (C=O) groups is 1. The van der Waals surface area contributed by atoms with Gasteiger partial charge in [-0.15, -0.1) is 11.3 Å². The summed E-state index contributed by atoms with van der Waals surface area (Å²) in [6, 6.07) is 19.0. The Bertz CT molecular complexity index is 2190. The number of pyridine rings is 2. The molecule has 2 aromatic carbocycles. The molecule has 1 amide bonds.